The quantitative estimate of drug-likeness (QED) is 0.840. The topological polar surface area (TPSA) is 20.3 Å². The molecular weight excluding hydrogens is 282 g/mol. The minimum Gasteiger partial charge on any atom is -0.294 e. The van der Waals surface area contributed by atoms with E-state index in [1.807, 2.05) is 37.3 Å². The van der Waals surface area contributed by atoms with Gasteiger partial charge in [-0.25, -0.2) is 0 Å². The van der Waals surface area contributed by atoms with Gasteiger partial charge >= 0.3 is 0 Å². The number of fused-ring (bicyclic) bond motifs is 1. The molecule has 3 rings (SSSR count). The SMILES string of the molecule is CC1C(=O)c2ccc(Cl)cc2C1N(C)Cc1ccccc1. The van der Waals surface area contributed by atoms with Crippen LogP contribution in [0.5, 0.6) is 0 Å². The number of hydrogen-bond donors (Lipinski definition) is 0. The van der Waals surface area contributed by atoms with Crippen LogP contribution in [0.2, 0.25) is 5.02 Å². The average Bonchev–Trinajstić information content (AvgIpc) is 2.71. The van der Waals surface area contributed by atoms with E-state index in [4.69, 9.17) is 11.6 Å². The van der Waals surface area contributed by atoms with Crippen LogP contribution in [0.3, 0.4) is 0 Å². The average molecular weight is 300 g/mol. The van der Waals surface area contributed by atoms with Crippen LogP contribution < -0.4 is 0 Å². The Labute approximate surface area is 130 Å². The number of nitrogens with zero attached hydrogens (tertiary/aromatic N) is 1. The Morgan fingerprint density at radius 1 is 1.14 bits per heavy atom. The first-order chi connectivity index (χ1) is 10.1. The van der Waals surface area contributed by atoms with Gasteiger partial charge in [0.25, 0.3) is 0 Å². The normalized spacial score (nSPS) is 20.9. The van der Waals surface area contributed by atoms with Crippen molar-refractivity contribution < 1.29 is 4.79 Å². The number of rotatable bonds is 3. The Morgan fingerprint density at radius 3 is 2.57 bits per heavy atom. The first-order valence-electron chi connectivity index (χ1n) is 7.16. The van der Waals surface area contributed by atoms with Crippen LogP contribution in [-0.2, 0) is 6.54 Å². The van der Waals surface area contributed by atoms with Gasteiger partial charge in [0.15, 0.2) is 5.78 Å². The number of ketones is 1. The van der Waals surface area contributed by atoms with Gasteiger partial charge in [-0.15, -0.1) is 0 Å². The summed E-state index contributed by atoms with van der Waals surface area (Å²) < 4.78 is 0. The Balaban J connectivity index is 1.92. The molecule has 0 spiro atoms. The third kappa shape index (κ3) is 2.61. The second-order valence-corrected chi connectivity index (χ2v) is 6.17. The van der Waals surface area contributed by atoms with Gasteiger partial charge in [0.05, 0.1) is 0 Å². The molecule has 0 fully saturated rings. The smallest absolute Gasteiger partial charge is 0.167 e. The lowest BCUT2D eigenvalue weighted by Crippen LogP contribution is -2.27. The maximum absolute atomic E-state index is 12.4. The molecule has 2 nitrogen and oxygen atoms in total. The third-order valence-corrected chi connectivity index (χ3v) is 4.47. The number of halogens is 1. The minimum atomic E-state index is -0.0350. The molecule has 0 radical (unpaired) electrons. The molecule has 0 bridgehead atoms. The lowest BCUT2D eigenvalue weighted by atomic mass is 10.00. The molecule has 1 aliphatic carbocycles. The van der Waals surface area contributed by atoms with Gasteiger partial charge in [-0.3, -0.25) is 9.69 Å². The van der Waals surface area contributed by atoms with E-state index in [0.29, 0.717) is 5.02 Å². The zero-order chi connectivity index (χ0) is 15.0. The Kier molecular flexibility index (Phi) is 3.83. The molecule has 1 aliphatic rings. The van der Waals surface area contributed by atoms with E-state index in [9.17, 15) is 4.79 Å². The number of benzene rings is 2. The molecule has 2 aromatic carbocycles. The highest BCUT2D eigenvalue weighted by Gasteiger charge is 2.38. The largest absolute Gasteiger partial charge is 0.294 e. The number of Topliss-reactive ketones (excluding diaryl/α,β-unsaturated/α-hetero) is 1. The molecule has 2 aromatic rings. The molecule has 0 saturated heterocycles. The second-order valence-electron chi connectivity index (χ2n) is 5.73. The summed E-state index contributed by atoms with van der Waals surface area (Å²) >= 11 is 6.12. The maximum Gasteiger partial charge on any atom is 0.167 e. The molecule has 0 saturated carbocycles. The fraction of sp³-hybridized carbons (Fsp3) is 0.278. The summed E-state index contributed by atoms with van der Waals surface area (Å²) in [7, 11) is 2.07. The van der Waals surface area contributed by atoms with Crippen LogP contribution in [0.4, 0.5) is 0 Å². The number of carbonyl (C=O) groups is 1. The summed E-state index contributed by atoms with van der Waals surface area (Å²) in [6, 6.07) is 16.0. The summed E-state index contributed by atoms with van der Waals surface area (Å²) in [6.07, 6.45) is 0. The van der Waals surface area contributed by atoms with Crippen molar-refractivity contribution >= 4 is 17.4 Å². The molecule has 0 aromatic heterocycles. The van der Waals surface area contributed by atoms with Gasteiger partial charge in [-0.05, 0) is 36.4 Å². The van der Waals surface area contributed by atoms with E-state index in [1.54, 1.807) is 6.07 Å². The van der Waals surface area contributed by atoms with Crippen molar-refractivity contribution in [3.8, 4) is 0 Å². The maximum atomic E-state index is 12.4. The molecule has 21 heavy (non-hydrogen) atoms. The summed E-state index contributed by atoms with van der Waals surface area (Å²) in [6.45, 7) is 2.82. The van der Waals surface area contributed by atoms with E-state index in [-0.39, 0.29) is 17.7 Å². The first-order valence-corrected chi connectivity index (χ1v) is 7.53. The van der Waals surface area contributed by atoms with Crippen LogP contribution >= 0.6 is 11.6 Å². The summed E-state index contributed by atoms with van der Waals surface area (Å²) in [4.78, 5) is 14.6. The van der Waals surface area contributed by atoms with E-state index in [0.717, 1.165) is 17.7 Å². The van der Waals surface area contributed by atoms with Crippen molar-refractivity contribution in [3.63, 3.8) is 0 Å². The number of carbonyl (C=O) groups excluding carboxylic acids is 1. The zero-order valence-electron chi connectivity index (χ0n) is 12.2. The van der Waals surface area contributed by atoms with Crippen LogP contribution in [0.25, 0.3) is 0 Å². The summed E-state index contributed by atoms with van der Waals surface area (Å²) in [5, 5.41) is 0.689. The summed E-state index contributed by atoms with van der Waals surface area (Å²) in [5.41, 5.74) is 3.12. The predicted octanol–water partition coefficient (Wildman–Crippen LogP) is 4.35. The Bertz CT molecular complexity index is 668. The molecule has 0 aliphatic heterocycles. The van der Waals surface area contributed by atoms with Crippen LogP contribution in [0.15, 0.2) is 48.5 Å². The molecule has 0 N–H and O–H groups in total. The van der Waals surface area contributed by atoms with Crippen molar-refractivity contribution in [3.05, 3.63) is 70.2 Å². The van der Waals surface area contributed by atoms with E-state index < -0.39 is 0 Å². The number of hydrogen-bond acceptors (Lipinski definition) is 2. The first kappa shape index (κ1) is 14.3. The van der Waals surface area contributed by atoms with Gasteiger partial charge in [-0.2, -0.15) is 0 Å². The molecule has 108 valence electrons. The van der Waals surface area contributed by atoms with Crippen molar-refractivity contribution in [1.29, 1.82) is 0 Å². The fourth-order valence-electron chi connectivity index (χ4n) is 3.25. The fourth-order valence-corrected chi connectivity index (χ4v) is 3.43. The van der Waals surface area contributed by atoms with Gasteiger partial charge in [0, 0.05) is 29.1 Å². The van der Waals surface area contributed by atoms with Crippen LogP contribution in [0.1, 0.15) is 34.5 Å². The van der Waals surface area contributed by atoms with Gasteiger partial charge in [0.1, 0.15) is 0 Å². The summed E-state index contributed by atoms with van der Waals surface area (Å²) in [5.74, 6) is 0.179. The highest BCUT2D eigenvalue weighted by Crippen LogP contribution is 2.41. The molecular formula is C18H18ClNO. The van der Waals surface area contributed by atoms with Crippen LogP contribution in [-0.4, -0.2) is 17.7 Å². The van der Waals surface area contributed by atoms with Crippen molar-refractivity contribution in [2.24, 2.45) is 5.92 Å². The van der Waals surface area contributed by atoms with Crippen molar-refractivity contribution in [2.45, 2.75) is 19.5 Å². The van der Waals surface area contributed by atoms with Gasteiger partial charge < -0.3 is 0 Å². The lowest BCUT2D eigenvalue weighted by Gasteiger charge is -2.28. The molecule has 2 unspecified atom stereocenters. The molecule has 0 heterocycles. The van der Waals surface area contributed by atoms with E-state index >= 15 is 0 Å². The lowest BCUT2D eigenvalue weighted by molar-refractivity contribution is 0.0871. The standard InChI is InChI=1S/C18H18ClNO/c1-12-17(20(2)11-13-6-4-3-5-7-13)16-10-14(19)8-9-15(16)18(12)21/h3-10,12,17H,11H2,1-2H3. The highest BCUT2D eigenvalue weighted by molar-refractivity contribution is 6.30. The Hall–Kier alpha value is -1.64. The minimum absolute atomic E-state index is 0.0350. The molecule has 3 heteroatoms. The Morgan fingerprint density at radius 2 is 1.86 bits per heavy atom. The molecule has 0 amide bonds. The van der Waals surface area contributed by atoms with Crippen molar-refractivity contribution in [1.82, 2.24) is 4.90 Å². The van der Waals surface area contributed by atoms with E-state index in [2.05, 4.69) is 24.1 Å². The second kappa shape index (κ2) is 5.63. The molecule has 2 atom stereocenters. The highest BCUT2D eigenvalue weighted by atomic mass is 35.5. The van der Waals surface area contributed by atoms with E-state index in [1.165, 1.54) is 5.56 Å². The van der Waals surface area contributed by atoms with Crippen LogP contribution in [0, 0.1) is 5.92 Å². The zero-order valence-corrected chi connectivity index (χ0v) is 13.0. The third-order valence-electron chi connectivity index (χ3n) is 4.23. The van der Waals surface area contributed by atoms with Gasteiger partial charge in [-0.1, -0.05) is 48.9 Å². The predicted molar refractivity (Wildman–Crippen MR) is 85.6 cm³/mol. The monoisotopic (exact) mass is 299 g/mol. The van der Waals surface area contributed by atoms with Crippen molar-refractivity contribution in [2.75, 3.05) is 7.05 Å². The van der Waals surface area contributed by atoms with Gasteiger partial charge in [0.2, 0.25) is 0 Å².